The van der Waals surface area contributed by atoms with E-state index in [1.54, 1.807) is 11.3 Å². The lowest BCUT2D eigenvalue weighted by atomic mass is 10.1. The number of thiazole rings is 1. The lowest BCUT2D eigenvalue weighted by Crippen LogP contribution is -2.07. The summed E-state index contributed by atoms with van der Waals surface area (Å²) >= 11 is 7.11. The predicted molar refractivity (Wildman–Crippen MR) is 78.1 cm³/mol. The van der Waals surface area contributed by atoms with Crippen LogP contribution in [0.4, 0.5) is 0 Å². The molecule has 0 aromatic carbocycles. The van der Waals surface area contributed by atoms with Crippen LogP contribution in [0.15, 0.2) is 15.9 Å². The third-order valence-corrected chi connectivity index (χ3v) is 6.22. The van der Waals surface area contributed by atoms with E-state index in [1.807, 2.05) is 11.3 Å². The SMILES string of the molecule is Cc1nc(-c2cc(Br)cs2)sc1C1CCNC1. The molecule has 0 spiro atoms. The maximum atomic E-state index is 4.72. The van der Waals surface area contributed by atoms with Crippen molar-refractivity contribution < 1.29 is 0 Å². The van der Waals surface area contributed by atoms with E-state index >= 15 is 0 Å². The second kappa shape index (κ2) is 4.80. The van der Waals surface area contributed by atoms with E-state index in [-0.39, 0.29) is 0 Å². The van der Waals surface area contributed by atoms with E-state index in [1.165, 1.54) is 26.9 Å². The Morgan fingerprint density at radius 3 is 3.06 bits per heavy atom. The first-order chi connectivity index (χ1) is 8.24. The quantitative estimate of drug-likeness (QED) is 0.900. The molecule has 1 fully saturated rings. The van der Waals surface area contributed by atoms with Gasteiger partial charge in [0.05, 0.1) is 10.6 Å². The molecule has 2 nitrogen and oxygen atoms in total. The average molecular weight is 329 g/mol. The van der Waals surface area contributed by atoms with Crippen molar-refractivity contribution >= 4 is 38.6 Å². The molecule has 2 aromatic heterocycles. The third-order valence-electron chi connectivity index (χ3n) is 3.04. The van der Waals surface area contributed by atoms with Crippen LogP contribution in [0.3, 0.4) is 0 Å². The van der Waals surface area contributed by atoms with Crippen LogP contribution in [0, 0.1) is 6.92 Å². The molecule has 0 saturated carbocycles. The molecular formula is C12H13BrN2S2. The summed E-state index contributed by atoms with van der Waals surface area (Å²) in [6, 6.07) is 2.15. The summed E-state index contributed by atoms with van der Waals surface area (Å²) in [7, 11) is 0. The molecule has 1 N–H and O–H groups in total. The van der Waals surface area contributed by atoms with Gasteiger partial charge in [-0.1, -0.05) is 0 Å². The van der Waals surface area contributed by atoms with Gasteiger partial charge in [-0.3, -0.25) is 0 Å². The van der Waals surface area contributed by atoms with Crippen molar-refractivity contribution in [1.82, 2.24) is 10.3 Å². The van der Waals surface area contributed by atoms with Crippen LogP contribution in [0.2, 0.25) is 0 Å². The summed E-state index contributed by atoms with van der Waals surface area (Å²) in [6.07, 6.45) is 1.25. The average Bonchev–Trinajstić information content (AvgIpc) is 2.96. The molecular weight excluding hydrogens is 316 g/mol. The van der Waals surface area contributed by atoms with Crippen LogP contribution in [0.25, 0.3) is 9.88 Å². The molecule has 0 bridgehead atoms. The van der Waals surface area contributed by atoms with Crippen molar-refractivity contribution in [3.8, 4) is 9.88 Å². The lowest BCUT2D eigenvalue weighted by Gasteiger charge is -2.04. The van der Waals surface area contributed by atoms with Crippen molar-refractivity contribution in [2.24, 2.45) is 0 Å². The van der Waals surface area contributed by atoms with E-state index in [0.717, 1.165) is 17.6 Å². The molecule has 0 radical (unpaired) electrons. The Morgan fingerprint density at radius 1 is 1.53 bits per heavy atom. The molecule has 0 amide bonds. The summed E-state index contributed by atoms with van der Waals surface area (Å²) in [5, 5.41) is 6.71. The van der Waals surface area contributed by atoms with Crippen LogP contribution >= 0.6 is 38.6 Å². The zero-order chi connectivity index (χ0) is 11.8. The summed E-state index contributed by atoms with van der Waals surface area (Å²) in [6.45, 7) is 4.38. The van der Waals surface area contributed by atoms with E-state index < -0.39 is 0 Å². The zero-order valence-electron chi connectivity index (χ0n) is 9.50. The van der Waals surface area contributed by atoms with Crippen LogP contribution in [-0.4, -0.2) is 18.1 Å². The van der Waals surface area contributed by atoms with E-state index in [4.69, 9.17) is 4.98 Å². The smallest absolute Gasteiger partial charge is 0.133 e. The monoisotopic (exact) mass is 328 g/mol. The number of nitrogens with one attached hydrogen (secondary N) is 1. The predicted octanol–water partition coefficient (Wildman–Crippen LogP) is 4.02. The second-order valence-electron chi connectivity index (χ2n) is 4.29. The number of thiophene rings is 1. The number of aromatic nitrogens is 1. The van der Waals surface area contributed by atoms with Crippen molar-refractivity contribution in [3.05, 3.63) is 26.5 Å². The number of hydrogen-bond donors (Lipinski definition) is 1. The van der Waals surface area contributed by atoms with Gasteiger partial charge in [-0.15, -0.1) is 22.7 Å². The van der Waals surface area contributed by atoms with E-state index in [2.05, 4.69) is 39.6 Å². The Labute approximate surface area is 117 Å². The molecule has 1 saturated heterocycles. The summed E-state index contributed by atoms with van der Waals surface area (Å²) in [5.74, 6) is 0.671. The highest BCUT2D eigenvalue weighted by molar-refractivity contribution is 9.10. The Kier molecular flexibility index (Phi) is 3.34. The fourth-order valence-corrected chi connectivity index (χ4v) is 4.89. The van der Waals surface area contributed by atoms with Gasteiger partial charge >= 0.3 is 0 Å². The van der Waals surface area contributed by atoms with Gasteiger partial charge in [-0.2, -0.15) is 0 Å². The van der Waals surface area contributed by atoms with E-state index in [0.29, 0.717) is 5.92 Å². The summed E-state index contributed by atoms with van der Waals surface area (Å²) in [4.78, 5) is 7.45. The molecule has 1 aliphatic rings. The molecule has 1 atom stereocenters. The first kappa shape index (κ1) is 11.8. The molecule has 5 heteroatoms. The van der Waals surface area contributed by atoms with Crippen molar-refractivity contribution in [1.29, 1.82) is 0 Å². The van der Waals surface area contributed by atoms with Gasteiger partial charge in [-0.05, 0) is 41.9 Å². The number of hydrogen-bond acceptors (Lipinski definition) is 4. The van der Waals surface area contributed by atoms with Gasteiger partial charge in [0.15, 0.2) is 0 Å². The molecule has 1 unspecified atom stereocenters. The maximum absolute atomic E-state index is 4.72. The Morgan fingerprint density at radius 2 is 2.41 bits per heavy atom. The van der Waals surface area contributed by atoms with Crippen LogP contribution in [-0.2, 0) is 0 Å². The fraction of sp³-hybridized carbons (Fsp3) is 0.417. The van der Waals surface area contributed by atoms with Gasteiger partial charge in [0.2, 0.25) is 0 Å². The molecule has 0 aliphatic carbocycles. The molecule has 3 heterocycles. The molecule has 2 aromatic rings. The van der Waals surface area contributed by atoms with Crippen LogP contribution in [0.1, 0.15) is 22.9 Å². The normalized spacial score (nSPS) is 20.0. The van der Waals surface area contributed by atoms with Gasteiger partial charge in [-0.25, -0.2) is 4.98 Å². The Balaban J connectivity index is 1.94. The molecule has 1 aliphatic heterocycles. The van der Waals surface area contributed by atoms with Gasteiger partial charge in [0.1, 0.15) is 5.01 Å². The summed E-state index contributed by atoms with van der Waals surface area (Å²) < 4.78 is 1.15. The van der Waals surface area contributed by atoms with Gasteiger partial charge in [0.25, 0.3) is 0 Å². The second-order valence-corrected chi connectivity index (χ2v) is 7.15. The lowest BCUT2D eigenvalue weighted by molar-refractivity contribution is 0.770. The maximum Gasteiger partial charge on any atom is 0.133 e. The number of halogens is 1. The standard InChI is InChI=1S/C12H13BrN2S2/c1-7-11(8-2-3-14-5-8)17-12(15-7)10-4-9(13)6-16-10/h4,6,8,14H,2-3,5H2,1H3. The Bertz CT molecular complexity index is 526. The summed E-state index contributed by atoms with van der Waals surface area (Å²) in [5.41, 5.74) is 1.21. The van der Waals surface area contributed by atoms with Gasteiger partial charge in [0, 0.05) is 27.2 Å². The van der Waals surface area contributed by atoms with Crippen LogP contribution < -0.4 is 5.32 Å². The topological polar surface area (TPSA) is 24.9 Å². The highest BCUT2D eigenvalue weighted by Crippen LogP contribution is 2.38. The van der Waals surface area contributed by atoms with E-state index in [9.17, 15) is 0 Å². The molecule has 17 heavy (non-hydrogen) atoms. The van der Waals surface area contributed by atoms with Gasteiger partial charge < -0.3 is 5.32 Å². The number of nitrogens with zero attached hydrogens (tertiary/aromatic N) is 1. The first-order valence-electron chi connectivity index (χ1n) is 5.66. The highest BCUT2D eigenvalue weighted by Gasteiger charge is 2.22. The minimum absolute atomic E-state index is 0.671. The zero-order valence-corrected chi connectivity index (χ0v) is 12.7. The minimum atomic E-state index is 0.671. The Hall–Kier alpha value is -0.230. The minimum Gasteiger partial charge on any atom is -0.316 e. The van der Waals surface area contributed by atoms with Crippen molar-refractivity contribution in [3.63, 3.8) is 0 Å². The number of rotatable bonds is 2. The molecule has 90 valence electrons. The first-order valence-corrected chi connectivity index (χ1v) is 8.15. The molecule has 3 rings (SSSR count). The highest BCUT2D eigenvalue weighted by atomic mass is 79.9. The number of aryl methyl sites for hydroxylation is 1. The van der Waals surface area contributed by atoms with Crippen molar-refractivity contribution in [2.75, 3.05) is 13.1 Å². The third kappa shape index (κ3) is 2.34. The van der Waals surface area contributed by atoms with Crippen LogP contribution in [0.5, 0.6) is 0 Å². The van der Waals surface area contributed by atoms with Crippen molar-refractivity contribution in [2.45, 2.75) is 19.3 Å². The largest absolute Gasteiger partial charge is 0.316 e. The fourth-order valence-electron chi connectivity index (χ4n) is 2.20.